The first-order valence-electron chi connectivity index (χ1n) is 12.2. The van der Waals surface area contributed by atoms with Crippen LogP contribution in [0, 0.1) is 11.3 Å². The van der Waals surface area contributed by atoms with Gasteiger partial charge in [0, 0.05) is 17.5 Å². The highest BCUT2D eigenvalue weighted by molar-refractivity contribution is 5.19. The minimum absolute atomic E-state index is 0.0249. The lowest BCUT2D eigenvalue weighted by molar-refractivity contribution is -0.0322. The van der Waals surface area contributed by atoms with Crippen LogP contribution >= 0.6 is 0 Å². The Hall–Kier alpha value is -2.46. The lowest BCUT2D eigenvalue weighted by atomic mass is 9.87. The summed E-state index contributed by atoms with van der Waals surface area (Å²) >= 11 is 0. The molecule has 3 nitrogen and oxygen atoms in total. The quantitative estimate of drug-likeness (QED) is 0.364. The topological polar surface area (TPSA) is 30.5 Å². The summed E-state index contributed by atoms with van der Waals surface area (Å²) in [5.74, 6) is 0.566. The van der Waals surface area contributed by atoms with Crippen LogP contribution in [0.3, 0.4) is 0 Å². The van der Waals surface area contributed by atoms with Crippen LogP contribution in [0.15, 0.2) is 91.0 Å². The van der Waals surface area contributed by atoms with E-state index in [2.05, 4.69) is 98.0 Å². The zero-order chi connectivity index (χ0) is 22.9. The third-order valence-corrected chi connectivity index (χ3v) is 6.90. The fourth-order valence-electron chi connectivity index (χ4n) is 5.16. The second-order valence-electron chi connectivity index (χ2n) is 9.75. The summed E-state index contributed by atoms with van der Waals surface area (Å²) in [5, 5.41) is 3.90. The molecule has 1 saturated carbocycles. The minimum Gasteiger partial charge on any atom is -0.376 e. The SMILES string of the molecule is CC1CC(COCc2ccccc2)(COCc2ccccc2)CC1N[C@@H](C)c1ccccc1. The van der Waals surface area contributed by atoms with Crippen LogP contribution < -0.4 is 5.32 Å². The molecular formula is C30H37NO2. The highest BCUT2D eigenvalue weighted by atomic mass is 16.5. The monoisotopic (exact) mass is 443 g/mol. The molecule has 3 aromatic carbocycles. The summed E-state index contributed by atoms with van der Waals surface area (Å²) in [6.07, 6.45) is 2.17. The zero-order valence-electron chi connectivity index (χ0n) is 20.0. The molecule has 0 saturated heterocycles. The minimum atomic E-state index is 0.0249. The molecule has 1 N–H and O–H groups in total. The van der Waals surface area contributed by atoms with Crippen molar-refractivity contribution in [3.63, 3.8) is 0 Å². The fourth-order valence-corrected chi connectivity index (χ4v) is 5.16. The zero-order valence-corrected chi connectivity index (χ0v) is 20.0. The Kier molecular flexibility index (Phi) is 8.33. The lowest BCUT2D eigenvalue weighted by Crippen LogP contribution is -2.36. The summed E-state index contributed by atoms with van der Waals surface area (Å²) in [6, 6.07) is 32.4. The van der Waals surface area contributed by atoms with Gasteiger partial charge in [0.05, 0.1) is 26.4 Å². The molecule has 174 valence electrons. The first-order valence-corrected chi connectivity index (χ1v) is 12.2. The number of nitrogens with one attached hydrogen (secondary N) is 1. The molecule has 4 rings (SSSR count). The number of benzene rings is 3. The first-order chi connectivity index (χ1) is 16.1. The third kappa shape index (κ3) is 6.77. The van der Waals surface area contributed by atoms with Crippen molar-refractivity contribution in [2.24, 2.45) is 11.3 Å². The maximum Gasteiger partial charge on any atom is 0.0717 e. The molecule has 0 bridgehead atoms. The Balaban J connectivity index is 1.39. The van der Waals surface area contributed by atoms with Crippen molar-refractivity contribution in [1.82, 2.24) is 5.32 Å². The van der Waals surface area contributed by atoms with Gasteiger partial charge in [-0.2, -0.15) is 0 Å². The highest BCUT2D eigenvalue weighted by Gasteiger charge is 2.44. The van der Waals surface area contributed by atoms with Gasteiger partial charge in [0.2, 0.25) is 0 Å². The lowest BCUT2D eigenvalue weighted by Gasteiger charge is -2.30. The van der Waals surface area contributed by atoms with Crippen molar-refractivity contribution in [2.45, 2.75) is 52.0 Å². The smallest absolute Gasteiger partial charge is 0.0717 e. The molecule has 0 amide bonds. The summed E-state index contributed by atoms with van der Waals surface area (Å²) in [5.41, 5.74) is 3.80. The molecule has 0 spiro atoms. The van der Waals surface area contributed by atoms with Gasteiger partial charge in [-0.1, -0.05) is 97.9 Å². The maximum atomic E-state index is 6.29. The molecule has 0 aromatic heterocycles. The Labute approximate surface area is 199 Å². The first kappa shape index (κ1) is 23.7. The molecule has 1 aliphatic rings. The Morgan fingerprint density at radius 1 is 0.758 bits per heavy atom. The van der Waals surface area contributed by atoms with Crippen LogP contribution in [0.1, 0.15) is 49.4 Å². The van der Waals surface area contributed by atoms with Gasteiger partial charge in [0.15, 0.2) is 0 Å². The van der Waals surface area contributed by atoms with Crippen molar-refractivity contribution in [1.29, 1.82) is 0 Å². The van der Waals surface area contributed by atoms with E-state index in [1.54, 1.807) is 0 Å². The van der Waals surface area contributed by atoms with Crippen LogP contribution in [0.25, 0.3) is 0 Å². The van der Waals surface area contributed by atoms with E-state index in [0.29, 0.717) is 31.2 Å². The average molecular weight is 444 g/mol. The molecule has 0 aliphatic heterocycles. The van der Waals surface area contributed by atoms with Gasteiger partial charge in [0.1, 0.15) is 0 Å². The number of hydrogen-bond donors (Lipinski definition) is 1. The number of ether oxygens (including phenoxy) is 2. The van der Waals surface area contributed by atoms with Gasteiger partial charge in [-0.05, 0) is 42.4 Å². The van der Waals surface area contributed by atoms with Crippen molar-refractivity contribution in [3.05, 3.63) is 108 Å². The maximum absolute atomic E-state index is 6.29. The third-order valence-electron chi connectivity index (χ3n) is 6.90. The second kappa shape index (κ2) is 11.6. The van der Waals surface area contributed by atoms with E-state index in [1.165, 1.54) is 16.7 Å². The number of hydrogen-bond acceptors (Lipinski definition) is 3. The standard InChI is InChI=1S/C30H37NO2/c1-24-18-30(22-32-20-26-12-6-3-7-13-26,23-33-21-27-14-8-4-9-15-27)19-29(24)31-25(2)28-16-10-5-11-17-28/h3-17,24-25,29,31H,18-23H2,1-2H3/t24?,25-,29?/m0/s1. The van der Waals surface area contributed by atoms with Crippen LogP contribution in [0.5, 0.6) is 0 Å². The van der Waals surface area contributed by atoms with Gasteiger partial charge >= 0.3 is 0 Å². The molecule has 3 atom stereocenters. The second-order valence-corrected chi connectivity index (χ2v) is 9.75. The van der Waals surface area contributed by atoms with Gasteiger partial charge in [-0.15, -0.1) is 0 Å². The van der Waals surface area contributed by atoms with E-state index >= 15 is 0 Å². The highest BCUT2D eigenvalue weighted by Crippen LogP contribution is 2.43. The van der Waals surface area contributed by atoms with Gasteiger partial charge in [0.25, 0.3) is 0 Å². The van der Waals surface area contributed by atoms with Crippen LogP contribution in [0.2, 0.25) is 0 Å². The van der Waals surface area contributed by atoms with E-state index in [9.17, 15) is 0 Å². The summed E-state index contributed by atoms with van der Waals surface area (Å²) in [7, 11) is 0. The van der Waals surface area contributed by atoms with E-state index in [0.717, 1.165) is 26.1 Å². The van der Waals surface area contributed by atoms with Crippen molar-refractivity contribution < 1.29 is 9.47 Å². The predicted molar refractivity (Wildman–Crippen MR) is 135 cm³/mol. The average Bonchev–Trinajstić information content (AvgIpc) is 3.15. The van der Waals surface area contributed by atoms with Crippen LogP contribution in [-0.2, 0) is 22.7 Å². The Morgan fingerprint density at radius 2 is 1.24 bits per heavy atom. The fraction of sp³-hybridized carbons (Fsp3) is 0.400. The molecule has 33 heavy (non-hydrogen) atoms. The van der Waals surface area contributed by atoms with Crippen LogP contribution in [-0.4, -0.2) is 19.3 Å². The Bertz CT molecular complexity index is 899. The van der Waals surface area contributed by atoms with E-state index in [-0.39, 0.29) is 5.41 Å². The molecule has 0 radical (unpaired) electrons. The molecule has 3 aromatic rings. The van der Waals surface area contributed by atoms with Crippen molar-refractivity contribution in [2.75, 3.05) is 13.2 Å². The van der Waals surface area contributed by atoms with Crippen LogP contribution in [0.4, 0.5) is 0 Å². The molecular weight excluding hydrogens is 406 g/mol. The Morgan fingerprint density at radius 3 is 1.76 bits per heavy atom. The van der Waals surface area contributed by atoms with E-state index in [1.807, 2.05) is 12.1 Å². The normalized spacial score (nSPS) is 20.5. The summed E-state index contributed by atoms with van der Waals surface area (Å²) < 4.78 is 12.6. The van der Waals surface area contributed by atoms with Gasteiger partial charge in [-0.3, -0.25) is 0 Å². The molecule has 2 unspecified atom stereocenters. The largest absolute Gasteiger partial charge is 0.376 e. The van der Waals surface area contributed by atoms with Gasteiger partial charge < -0.3 is 14.8 Å². The number of rotatable bonds is 11. The summed E-state index contributed by atoms with van der Waals surface area (Å²) in [6.45, 7) is 7.37. The molecule has 3 heteroatoms. The predicted octanol–water partition coefficient (Wildman–Crippen LogP) is 6.56. The van der Waals surface area contributed by atoms with Gasteiger partial charge in [-0.25, -0.2) is 0 Å². The van der Waals surface area contributed by atoms with E-state index in [4.69, 9.17) is 9.47 Å². The van der Waals surface area contributed by atoms with Crippen molar-refractivity contribution >= 4 is 0 Å². The van der Waals surface area contributed by atoms with Crippen molar-refractivity contribution in [3.8, 4) is 0 Å². The molecule has 0 heterocycles. The molecule has 1 fully saturated rings. The summed E-state index contributed by atoms with van der Waals surface area (Å²) in [4.78, 5) is 0. The molecule has 1 aliphatic carbocycles. The van der Waals surface area contributed by atoms with E-state index < -0.39 is 0 Å².